The zero-order valence-corrected chi connectivity index (χ0v) is 44.2. The molecule has 6 heterocycles. The molecule has 0 fully saturated rings. The van der Waals surface area contributed by atoms with Crippen LogP contribution in [0.4, 0.5) is 66.4 Å². The van der Waals surface area contributed by atoms with Crippen LogP contribution < -0.4 is 36.4 Å². The van der Waals surface area contributed by atoms with Crippen LogP contribution in [-0.2, 0) is 23.9 Å². The molecule has 0 aliphatic carbocycles. The Bertz CT molecular complexity index is 3620. The maximum Gasteiger partial charge on any atom is 0.328 e. The highest BCUT2D eigenvalue weighted by molar-refractivity contribution is 7.84. The molecule has 8 aromatic rings. The summed E-state index contributed by atoms with van der Waals surface area (Å²) < 4.78 is 71.8. The smallest absolute Gasteiger partial charge is 0.328 e. The minimum atomic E-state index is -1.70. The molecule has 10 rings (SSSR count). The number of para-hydroxylation sites is 2. The van der Waals surface area contributed by atoms with Gasteiger partial charge in [0.2, 0.25) is 11.1 Å². The SMILES string of the molecule is Cc1ccc(C(=O)Nc2nccs2)cc1-c1nc(NCC(C)(C)C)nc2c1CNC(=O)N2c1c(F)cccc1F.Cc1ccc(C(=O)Nc2nccs2)cc1-c1nc(S(C)=O)nc2c1CNC(=O)N2c1c(F)cccc1F. The van der Waals surface area contributed by atoms with E-state index in [0.29, 0.717) is 55.9 Å². The number of halogens is 4. The Hall–Kier alpha value is -8.55. The maximum atomic E-state index is 14.9. The molecule has 1 unspecified atom stereocenters. The van der Waals surface area contributed by atoms with Crippen LogP contribution in [-0.4, -0.2) is 70.8 Å². The van der Waals surface area contributed by atoms with E-state index in [9.17, 15) is 40.9 Å². The summed E-state index contributed by atoms with van der Waals surface area (Å²) in [4.78, 5) is 79.6. The summed E-state index contributed by atoms with van der Waals surface area (Å²) in [5.74, 6) is -4.40. The fourth-order valence-electron chi connectivity index (χ4n) is 8.06. The summed E-state index contributed by atoms with van der Waals surface area (Å²) in [5.41, 5.74) is 3.49. The van der Waals surface area contributed by atoms with Gasteiger partial charge in [-0.2, -0.15) is 4.98 Å². The number of thiazole rings is 2. The highest BCUT2D eigenvalue weighted by Crippen LogP contribution is 2.41. The minimum Gasteiger partial charge on any atom is -0.354 e. The van der Waals surface area contributed by atoms with Gasteiger partial charge < -0.3 is 16.0 Å². The number of anilines is 7. The number of fused-ring (bicyclic) bond motifs is 2. The zero-order valence-electron chi connectivity index (χ0n) is 41.7. The molecule has 0 radical (unpaired) electrons. The average molecular weight is 1100 g/mol. The van der Waals surface area contributed by atoms with Gasteiger partial charge in [0.25, 0.3) is 11.8 Å². The number of urea groups is 2. The lowest BCUT2D eigenvalue weighted by atomic mass is 9.97. The molecule has 394 valence electrons. The molecular weight excluding hydrogens is 1060 g/mol. The third-order valence-electron chi connectivity index (χ3n) is 11.8. The highest BCUT2D eigenvalue weighted by atomic mass is 32.2. The predicted molar refractivity (Wildman–Crippen MR) is 286 cm³/mol. The van der Waals surface area contributed by atoms with Gasteiger partial charge in [0.05, 0.1) is 35.3 Å². The first-order chi connectivity index (χ1) is 36.8. The first kappa shape index (κ1) is 53.3. The van der Waals surface area contributed by atoms with E-state index in [-0.39, 0.29) is 52.8 Å². The van der Waals surface area contributed by atoms with Gasteiger partial charge in [-0.3, -0.25) is 24.4 Å². The molecule has 0 saturated carbocycles. The number of amides is 6. The second-order valence-electron chi connectivity index (χ2n) is 18.5. The number of hydrogen-bond donors (Lipinski definition) is 5. The predicted octanol–water partition coefficient (Wildman–Crippen LogP) is 10.8. The number of hydrogen-bond acceptors (Lipinski definition) is 14. The average Bonchev–Trinajstić information content (AvgIpc) is 4.16. The highest BCUT2D eigenvalue weighted by Gasteiger charge is 2.36. The van der Waals surface area contributed by atoms with Crippen molar-refractivity contribution < 1.29 is 40.9 Å². The molecule has 0 bridgehead atoms. The molecule has 4 aromatic carbocycles. The van der Waals surface area contributed by atoms with E-state index in [1.807, 2.05) is 27.7 Å². The number of rotatable bonds is 11. The number of nitrogens with zero attached hydrogens (tertiary/aromatic N) is 8. The Labute approximate surface area is 447 Å². The van der Waals surface area contributed by atoms with E-state index in [1.165, 1.54) is 41.1 Å². The summed E-state index contributed by atoms with van der Waals surface area (Å²) in [6.07, 6.45) is 4.52. The Morgan fingerprint density at radius 2 is 1.10 bits per heavy atom. The van der Waals surface area contributed by atoms with Crippen LogP contribution >= 0.6 is 22.7 Å². The van der Waals surface area contributed by atoms with Crippen LogP contribution in [0, 0.1) is 42.5 Å². The van der Waals surface area contributed by atoms with Gasteiger partial charge >= 0.3 is 12.1 Å². The van der Waals surface area contributed by atoms with Crippen LogP contribution in [0.25, 0.3) is 22.5 Å². The van der Waals surface area contributed by atoms with Crippen molar-refractivity contribution >= 4 is 96.6 Å². The normalized spacial score (nSPS) is 13.3. The van der Waals surface area contributed by atoms with E-state index in [4.69, 9.17) is 4.98 Å². The van der Waals surface area contributed by atoms with Gasteiger partial charge in [-0.25, -0.2) is 61.9 Å². The van der Waals surface area contributed by atoms with E-state index >= 15 is 0 Å². The van der Waals surface area contributed by atoms with Crippen molar-refractivity contribution in [3.05, 3.63) is 153 Å². The molecule has 2 aliphatic rings. The van der Waals surface area contributed by atoms with Gasteiger partial charge in [0.15, 0.2) is 21.9 Å². The lowest BCUT2D eigenvalue weighted by Gasteiger charge is -2.31. The Morgan fingerprint density at radius 1 is 0.662 bits per heavy atom. The standard InChI is InChI=1S/C28H27F2N7O2S.C24H18F2N6O3S2/c1-15-8-9-16(24(38)36-26-31-10-11-40-26)12-17(15)21-18-13-32-27(39)37(22-19(29)6-5-7-20(22)30)23(18)35-25(34-21)33-14-28(2,3)4;1-12-6-7-13(21(33)31-22-27-8-9-36-22)10-14(12)18-15-11-28-24(34)32(19-16(25)4-3-5-17(19)26)20(15)30-23(29-18)37(2)35/h5-12H,13-14H2,1-4H3,(H,32,39)(H,31,36,38)(H,33,34,35);3-10H,11H2,1-2H3,(H,28,34)(H,27,31,33). The van der Waals surface area contributed by atoms with Gasteiger partial charge in [-0.05, 0) is 78.9 Å². The van der Waals surface area contributed by atoms with Gasteiger partial charge in [0, 0.05) is 69.3 Å². The molecule has 0 saturated heterocycles. The van der Waals surface area contributed by atoms with Gasteiger partial charge in [-0.1, -0.05) is 45.0 Å². The number of aromatic nitrogens is 6. The summed E-state index contributed by atoms with van der Waals surface area (Å²) in [7, 11) is -1.70. The molecule has 5 N–H and O–H groups in total. The van der Waals surface area contributed by atoms with E-state index in [0.717, 1.165) is 45.2 Å². The van der Waals surface area contributed by atoms with Crippen LogP contribution in [0.15, 0.2) is 101 Å². The van der Waals surface area contributed by atoms with Gasteiger partial charge in [-0.15, -0.1) is 22.7 Å². The second-order valence-corrected chi connectivity index (χ2v) is 21.6. The van der Waals surface area contributed by atoms with Crippen molar-refractivity contribution in [3.8, 4) is 22.5 Å². The fourth-order valence-corrected chi connectivity index (χ4v) is 9.54. The molecular formula is C52H45F4N13O5S3. The number of carbonyl (C=O) groups excluding carboxylic acids is 4. The van der Waals surface area contributed by atoms with Crippen LogP contribution in [0.1, 0.15) is 63.7 Å². The number of carbonyl (C=O) groups is 4. The van der Waals surface area contributed by atoms with E-state index in [1.54, 1.807) is 66.5 Å². The Morgan fingerprint density at radius 3 is 1.52 bits per heavy atom. The molecule has 6 amide bonds. The molecule has 18 nitrogen and oxygen atoms in total. The number of aryl methyl sites for hydroxylation is 2. The fraction of sp³-hybridized carbons (Fsp3) is 0.192. The first-order valence-corrected chi connectivity index (χ1v) is 26.6. The Kier molecular flexibility index (Phi) is 15.2. The number of nitrogens with one attached hydrogen (secondary N) is 5. The van der Waals surface area contributed by atoms with Crippen molar-refractivity contribution in [1.29, 1.82) is 0 Å². The minimum absolute atomic E-state index is 0.0185. The molecule has 4 aromatic heterocycles. The molecule has 1 atom stereocenters. The van der Waals surface area contributed by atoms with Crippen LogP contribution in [0.2, 0.25) is 0 Å². The topological polar surface area (TPSA) is 229 Å². The summed E-state index contributed by atoms with van der Waals surface area (Å²) >= 11 is 2.57. The third-order valence-corrected chi connectivity index (χ3v) is 13.9. The van der Waals surface area contributed by atoms with Crippen LogP contribution in [0.3, 0.4) is 0 Å². The lowest BCUT2D eigenvalue weighted by Crippen LogP contribution is -2.43. The third kappa shape index (κ3) is 11.4. The van der Waals surface area contributed by atoms with Crippen LogP contribution in [0.5, 0.6) is 0 Å². The largest absolute Gasteiger partial charge is 0.354 e. The summed E-state index contributed by atoms with van der Waals surface area (Å²) in [5, 5.41) is 18.2. The molecule has 0 spiro atoms. The summed E-state index contributed by atoms with van der Waals surface area (Å²) in [6, 6.07) is 15.2. The number of benzene rings is 4. The zero-order chi connectivity index (χ0) is 54.9. The van der Waals surface area contributed by atoms with E-state index < -0.39 is 63.4 Å². The van der Waals surface area contributed by atoms with Crippen molar-refractivity contribution in [2.75, 3.05) is 38.6 Å². The quantitative estimate of drug-likeness (QED) is 0.0602. The monoisotopic (exact) mass is 1100 g/mol. The first-order valence-electron chi connectivity index (χ1n) is 23.3. The second kappa shape index (κ2) is 22.0. The summed E-state index contributed by atoms with van der Waals surface area (Å²) in [6.45, 7) is 10.2. The van der Waals surface area contributed by atoms with Crippen molar-refractivity contribution in [2.24, 2.45) is 5.41 Å². The molecule has 25 heteroatoms. The van der Waals surface area contributed by atoms with Crippen molar-refractivity contribution in [2.45, 2.75) is 52.9 Å². The molecule has 77 heavy (non-hydrogen) atoms. The van der Waals surface area contributed by atoms with Crippen molar-refractivity contribution in [1.82, 2.24) is 40.5 Å². The lowest BCUT2D eigenvalue weighted by molar-refractivity contribution is 0.101. The van der Waals surface area contributed by atoms with E-state index in [2.05, 4.69) is 51.5 Å². The Balaban J connectivity index is 0.000000188. The molecule has 2 aliphatic heterocycles. The maximum absolute atomic E-state index is 14.9. The van der Waals surface area contributed by atoms with Crippen molar-refractivity contribution in [3.63, 3.8) is 0 Å². The van der Waals surface area contributed by atoms with Gasteiger partial charge in [0.1, 0.15) is 34.6 Å².